The number of β-amino-alcohol motifs (C(OH)–C–C–N with tert-alkyl or cyclic N) is 2. The molecule has 2 aromatic heterocycles. The molecule has 0 amide bonds. The number of aliphatic hydroxyl groups is 2. The lowest BCUT2D eigenvalue weighted by molar-refractivity contribution is -0.0597. The zero-order chi connectivity index (χ0) is 51.6. The van der Waals surface area contributed by atoms with Gasteiger partial charge >= 0.3 is 12.4 Å². The number of anilines is 4. The number of aliphatic hydroxyl groups excluding tert-OH is 2. The summed E-state index contributed by atoms with van der Waals surface area (Å²) in [5.41, 5.74) is -3.55. The summed E-state index contributed by atoms with van der Waals surface area (Å²) < 4.78 is 84.6. The predicted octanol–water partition coefficient (Wildman–Crippen LogP) is 9.66. The molecule has 5 atom stereocenters. The SMILES string of the molecule is C[C@@H](Nc1nc(N2CC([C@H]3CC(C[C@@H](Nc4nc(N5CC([C@@H]6CCCN(CCO)C6)C5)cnc4C(=N)C(F)(F)F)c4ccc(Cl)cc4Cl)CN(CCO)C3)C2)cnc1C(=N)C(F)(F)F)c1ccc(Cl)cc1Cl. The van der Waals surface area contributed by atoms with Crippen LogP contribution in [0.5, 0.6) is 0 Å². The number of likely N-dealkylation sites (tertiary alicyclic amines) is 2. The van der Waals surface area contributed by atoms with E-state index in [4.69, 9.17) is 62.2 Å². The highest BCUT2D eigenvalue weighted by Gasteiger charge is 2.44. The van der Waals surface area contributed by atoms with Crippen LogP contribution in [-0.2, 0) is 0 Å². The van der Waals surface area contributed by atoms with E-state index in [2.05, 4.69) is 35.4 Å². The van der Waals surface area contributed by atoms with Crippen LogP contribution in [0.2, 0.25) is 20.1 Å². The number of halogens is 10. The number of benzene rings is 2. The van der Waals surface area contributed by atoms with Crippen molar-refractivity contribution >= 4 is 81.1 Å². The van der Waals surface area contributed by atoms with Crippen LogP contribution in [0, 0.1) is 40.4 Å². The van der Waals surface area contributed by atoms with Gasteiger partial charge in [-0.15, -0.1) is 0 Å². The fourth-order valence-corrected chi connectivity index (χ4v) is 11.7. The van der Waals surface area contributed by atoms with Crippen molar-refractivity contribution < 1.29 is 36.6 Å². The van der Waals surface area contributed by atoms with E-state index in [9.17, 15) is 36.6 Å². The number of alkyl halides is 6. The lowest BCUT2D eigenvalue weighted by Gasteiger charge is -2.49. The molecule has 2 aromatic carbocycles. The first-order valence-electron chi connectivity index (χ1n) is 23.8. The van der Waals surface area contributed by atoms with E-state index in [0.717, 1.165) is 25.9 Å². The zero-order valence-corrected chi connectivity index (χ0v) is 42.2. The van der Waals surface area contributed by atoms with Gasteiger partial charge in [0.2, 0.25) is 0 Å². The van der Waals surface area contributed by atoms with Crippen LogP contribution >= 0.6 is 46.4 Å². The Morgan fingerprint density at radius 1 is 0.681 bits per heavy atom. The summed E-state index contributed by atoms with van der Waals surface area (Å²) >= 11 is 25.7. The van der Waals surface area contributed by atoms with Crippen LogP contribution in [0.1, 0.15) is 67.2 Å². The van der Waals surface area contributed by atoms with Gasteiger partial charge in [0.05, 0.1) is 37.7 Å². The smallest absolute Gasteiger partial charge is 0.395 e. The highest BCUT2D eigenvalue weighted by molar-refractivity contribution is 6.35. The van der Waals surface area contributed by atoms with Crippen molar-refractivity contribution in [2.24, 2.45) is 29.6 Å². The maximum absolute atomic E-state index is 14.3. The van der Waals surface area contributed by atoms with Gasteiger partial charge < -0.3 is 40.4 Å². The van der Waals surface area contributed by atoms with E-state index in [1.54, 1.807) is 37.3 Å². The van der Waals surface area contributed by atoms with Crippen molar-refractivity contribution in [3.8, 4) is 0 Å². The third kappa shape index (κ3) is 12.6. The summed E-state index contributed by atoms with van der Waals surface area (Å²) in [7, 11) is 0. The molecule has 0 saturated carbocycles. The molecule has 6 N–H and O–H groups in total. The summed E-state index contributed by atoms with van der Waals surface area (Å²) in [6.07, 6.45) is -4.43. The largest absolute Gasteiger partial charge is 0.434 e. The number of piperidine rings is 2. The summed E-state index contributed by atoms with van der Waals surface area (Å²) in [6.45, 7) is 7.82. The molecule has 4 fully saturated rings. The average Bonchev–Trinajstić information content (AvgIpc) is 3.27. The Morgan fingerprint density at radius 3 is 1.71 bits per heavy atom. The van der Waals surface area contributed by atoms with E-state index >= 15 is 0 Å². The van der Waals surface area contributed by atoms with Gasteiger partial charge in [-0.25, -0.2) is 19.9 Å². The Morgan fingerprint density at radius 2 is 1.18 bits per heavy atom. The number of hydrogen-bond acceptors (Lipinski definition) is 14. The van der Waals surface area contributed by atoms with Crippen LogP contribution in [0.15, 0.2) is 48.8 Å². The standard InChI is InChI=1S/C48H56Cl4F6N12O2/c1-26(34-6-4-32(49)15-36(34)51)63-45-41(43(59)47(53,54)55)61-17-39(65-45)70-24-31(25-70)29-13-27(19-68(21-29)10-12-72)14-38(35-7-5-33(50)16-37(35)52)64-46-42(44(60)48(56,57)58)62-18-40(66-46)69-22-30(23-69)28-3-2-8-67(20-28)9-11-71/h4-7,15-18,26-31,38,59-60,71-72H,2-3,8-14,19-25H2,1H3,(H,63,65)(H,64,66)/t26-,27?,28-,29+,38-/m1/s1. The molecule has 0 radical (unpaired) electrons. The quantitative estimate of drug-likeness (QED) is 0.0412. The van der Waals surface area contributed by atoms with Crippen LogP contribution in [0.3, 0.4) is 0 Å². The lowest BCUT2D eigenvalue weighted by atomic mass is 9.75. The van der Waals surface area contributed by atoms with Gasteiger partial charge in [-0.2, -0.15) is 26.3 Å². The van der Waals surface area contributed by atoms with Gasteiger partial charge in [0.1, 0.15) is 23.0 Å². The molecule has 14 nitrogen and oxygen atoms in total. The Balaban J connectivity index is 1.02. The molecule has 24 heteroatoms. The minimum Gasteiger partial charge on any atom is -0.395 e. The number of aromatic nitrogens is 4. The Labute approximate surface area is 433 Å². The van der Waals surface area contributed by atoms with Crippen molar-refractivity contribution in [2.75, 3.05) is 99.1 Å². The summed E-state index contributed by atoms with van der Waals surface area (Å²) in [6, 6.07) is 8.30. The molecular formula is C48H56Cl4F6N12O2. The van der Waals surface area contributed by atoms with Gasteiger partial charge in [-0.05, 0) is 104 Å². The third-order valence-corrected chi connectivity index (χ3v) is 15.5. The fraction of sp³-hybridized carbons (Fsp3) is 0.542. The summed E-state index contributed by atoms with van der Waals surface area (Å²) in [5.74, 6) is 0.987. The van der Waals surface area contributed by atoms with E-state index < -0.39 is 47.2 Å². The molecule has 4 aromatic rings. The summed E-state index contributed by atoms with van der Waals surface area (Å²) in [5, 5.41) is 43.3. The van der Waals surface area contributed by atoms with Crippen molar-refractivity contribution in [1.82, 2.24) is 29.7 Å². The van der Waals surface area contributed by atoms with Crippen molar-refractivity contribution in [2.45, 2.75) is 57.0 Å². The Hall–Kier alpha value is -4.28. The first kappa shape index (κ1) is 54.0. The van der Waals surface area contributed by atoms with E-state index in [0.29, 0.717) is 110 Å². The molecule has 0 bridgehead atoms. The van der Waals surface area contributed by atoms with E-state index in [1.807, 2.05) is 9.80 Å². The number of hydrogen-bond donors (Lipinski definition) is 6. The van der Waals surface area contributed by atoms with Crippen LogP contribution in [0.25, 0.3) is 0 Å². The number of rotatable bonds is 18. The number of nitrogens with zero attached hydrogens (tertiary/aromatic N) is 8. The van der Waals surface area contributed by atoms with Gasteiger partial charge in [0, 0.05) is 79.0 Å². The molecule has 8 rings (SSSR count). The lowest BCUT2D eigenvalue weighted by Crippen LogP contribution is -2.55. The van der Waals surface area contributed by atoms with Crippen molar-refractivity contribution in [3.05, 3.63) is 91.4 Å². The Bertz CT molecular complexity index is 2590. The molecule has 4 aliphatic heterocycles. The Kier molecular flexibility index (Phi) is 17.0. The second-order valence-corrected chi connectivity index (χ2v) is 21.0. The van der Waals surface area contributed by atoms with Gasteiger partial charge in [0.25, 0.3) is 0 Å². The first-order valence-corrected chi connectivity index (χ1v) is 25.4. The molecule has 0 spiro atoms. The third-order valence-electron chi connectivity index (χ3n) is 14.4. The minimum atomic E-state index is -5.02. The molecule has 72 heavy (non-hydrogen) atoms. The molecule has 4 aliphatic rings. The normalized spacial score (nSPS) is 21.5. The topological polar surface area (TPSA) is 177 Å². The van der Waals surface area contributed by atoms with E-state index in [-0.39, 0.29) is 52.6 Å². The fourth-order valence-electron chi connectivity index (χ4n) is 10.6. The monoisotopic (exact) mass is 1090 g/mol. The minimum absolute atomic E-state index is 0.0551. The molecule has 1 unspecified atom stereocenters. The molecule has 0 aliphatic carbocycles. The predicted molar refractivity (Wildman–Crippen MR) is 269 cm³/mol. The van der Waals surface area contributed by atoms with Crippen molar-refractivity contribution in [1.29, 1.82) is 10.8 Å². The number of nitrogens with one attached hydrogen (secondary N) is 4. The van der Waals surface area contributed by atoms with Gasteiger partial charge in [0.15, 0.2) is 23.1 Å². The first-order chi connectivity index (χ1) is 34.2. The van der Waals surface area contributed by atoms with Crippen molar-refractivity contribution in [3.63, 3.8) is 0 Å². The van der Waals surface area contributed by atoms with Crippen LogP contribution < -0.4 is 20.4 Å². The maximum Gasteiger partial charge on any atom is 0.434 e. The average molecular weight is 1090 g/mol. The van der Waals surface area contributed by atoms with E-state index in [1.165, 1.54) is 18.5 Å². The molecule has 6 heterocycles. The highest BCUT2D eigenvalue weighted by atomic mass is 35.5. The molecule has 4 saturated heterocycles. The molecule has 390 valence electrons. The maximum atomic E-state index is 14.3. The van der Waals surface area contributed by atoms with Crippen LogP contribution in [-0.4, -0.2) is 142 Å². The zero-order valence-electron chi connectivity index (χ0n) is 39.2. The highest BCUT2D eigenvalue weighted by Crippen LogP contribution is 2.42. The van der Waals surface area contributed by atoms with Crippen LogP contribution in [0.4, 0.5) is 49.6 Å². The molecular weight excluding hydrogens is 1030 g/mol. The second kappa shape index (κ2) is 22.7. The summed E-state index contributed by atoms with van der Waals surface area (Å²) in [4.78, 5) is 25.9. The van der Waals surface area contributed by atoms with Gasteiger partial charge in [-0.1, -0.05) is 58.5 Å². The van der Waals surface area contributed by atoms with Gasteiger partial charge in [-0.3, -0.25) is 10.8 Å². The second-order valence-electron chi connectivity index (χ2n) is 19.3.